The Labute approximate surface area is 162 Å². The molecular weight excluding hydrogens is 377 g/mol. The molecule has 0 saturated carbocycles. The number of halogens is 2. The maximum absolute atomic E-state index is 12.5. The van der Waals surface area contributed by atoms with Crippen molar-refractivity contribution in [3.05, 3.63) is 46.4 Å². The fourth-order valence-electron chi connectivity index (χ4n) is 2.11. The summed E-state index contributed by atoms with van der Waals surface area (Å²) in [5.74, 6) is 1.07. The number of ether oxygens (including phenoxy) is 2. The molecule has 26 heavy (non-hydrogen) atoms. The van der Waals surface area contributed by atoms with Crippen molar-refractivity contribution in [2.24, 2.45) is 4.99 Å². The van der Waals surface area contributed by atoms with Gasteiger partial charge in [0.05, 0.1) is 35.6 Å². The summed E-state index contributed by atoms with van der Waals surface area (Å²) in [5, 5.41) is 0.822. The van der Waals surface area contributed by atoms with E-state index in [1.54, 1.807) is 50.5 Å². The molecule has 0 spiro atoms. The number of hydrogen-bond donors (Lipinski definition) is 0. The van der Waals surface area contributed by atoms with Crippen LogP contribution < -0.4 is 14.4 Å². The number of amides is 2. The van der Waals surface area contributed by atoms with Gasteiger partial charge in [-0.3, -0.25) is 4.90 Å². The molecule has 0 atom stereocenters. The lowest BCUT2D eigenvalue weighted by Crippen LogP contribution is -2.38. The Bertz CT molecular complexity index is 825. The molecule has 0 aliphatic heterocycles. The first-order chi connectivity index (χ1) is 12.4. The number of benzene rings is 2. The Kier molecular flexibility index (Phi) is 6.71. The van der Waals surface area contributed by atoms with Gasteiger partial charge in [0.2, 0.25) is 0 Å². The first-order valence-corrected chi connectivity index (χ1v) is 8.34. The minimum atomic E-state index is -0.283. The Morgan fingerprint density at radius 2 is 1.58 bits per heavy atom. The van der Waals surface area contributed by atoms with Gasteiger partial charge in [-0.15, -0.1) is 0 Å². The van der Waals surface area contributed by atoms with Crippen molar-refractivity contribution in [3.63, 3.8) is 0 Å². The molecule has 2 rings (SSSR count). The number of carbonyl (C=O) groups is 1. The first kappa shape index (κ1) is 19.9. The SMILES string of the molecule is COc1ccc(N=CN(C(=O)N(C)C)c2ccc(OC)c(Cl)c2)cc1Cl. The van der Waals surface area contributed by atoms with E-state index in [4.69, 9.17) is 32.7 Å². The van der Waals surface area contributed by atoms with Gasteiger partial charge >= 0.3 is 6.03 Å². The lowest BCUT2D eigenvalue weighted by molar-refractivity contribution is 0.227. The van der Waals surface area contributed by atoms with E-state index in [1.165, 1.54) is 30.4 Å². The van der Waals surface area contributed by atoms with Crippen LogP contribution >= 0.6 is 23.2 Å². The molecule has 0 fully saturated rings. The average molecular weight is 396 g/mol. The summed E-state index contributed by atoms with van der Waals surface area (Å²) in [6.45, 7) is 0. The summed E-state index contributed by atoms with van der Waals surface area (Å²) in [6.07, 6.45) is 1.42. The van der Waals surface area contributed by atoms with E-state index in [9.17, 15) is 4.79 Å². The number of carbonyl (C=O) groups excluding carboxylic acids is 1. The van der Waals surface area contributed by atoms with E-state index in [2.05, 4.69) is 4.99 Å². The second-order valence-electron chi connectivity index (χ2n) is 5.43. The van der Waals surface area contributed by atoms with Crippen LogP contribution in [0.5, 0.6) is 11.5 Å². The van der Waals surface area contributed by atoms with Crippen molar-refractivity contribution >= 4 is 46.9 Å². The van der Waals surface area contributed by atoms with E-state index >= 15 is 0 Å². The molecule has 2 aromatic carbocycles. The Hall–Kier alpha value is -2.44. The summed E-state index contributed by atoms with van der Waals surface area (Å²) in [6, 6.07) is 9.85. The van der Waals surface area contributed by atoms with Gasteiger partial charge in [-0.05, 0) is 36.4 Å². The van der Waals surface area contributed by atoms with Crippen molar-refractivity contribution in [2.45, 2.75) is 0 Å². The molecule has 2 aromatic rings. The lowest BCUT2D eigenvalue weighted by atomic mass is 10.3. The Morgan fingerprint density at radius 1 is 1.00 bits per heavy atom. The van der Waals surface area contributed by atoms with Crippen molar-refractivity contribution < 1.29 is 14.3 Å². The van der Waals surface area contributed by atoms with E-state index < -0.39 is 0 Å². The maximum Gasteiger partial charge on any atom is 0.329 e. The van der Waals surface area contributed by atoms with Crippen LogP contribution in [0.25, 0.3) is 0 Å². The summed E-state index contributed by atoms with van der Waals surface area (Å²) < 4.78 is 10.3. The molecule has 8 heteroatoms. The number of anilines is 1. The topological polar surface area (TPSA) is 54.4 Å². The molecular formula is C18H19Cl2N3O3. The molecule has 0 aliphatic carbocycles. The minimum absolute atomic E-state index is 0.283. The van der Waals surface area contributed by atoms with Gasteiger partial charge in [0, 0.05) is 14.1 Å². The average Bonchev–Trinajstić information content (AvgIpc) is 2.62. The zero-order chi connectivity index (χ0) is 19.3. The third-order valence-corrected chi connectivity index (χ3v) is 4.05. The molecule has 0 saturated heterocycles. The summed E-state index contributed by atoms with van der Waals surface area (Å²) in [7, 11) is 6.37. The smallest absolute Gasteiger partial charge is 0.329 e. The number of hydrogen-bond acceptors (Lipinski definition) is 4. The minimum Gasteiger partial charge on any atom is -0.495 e. The van der Waals surface area contributed by atoms with Gasteiger partial charge in [0.15, 0.2) is 0 Å². The molecule has 0 radical (unpaired) electrons. The van der Waals surface area contributed by atoms with Crippen molar-refractivity contribution in [3.8, 4) is 11.5 Å². The van der Waals surface area contributed by atoms with Gasteiger partial charge in [-0.2, -0.15) is 0 Å². The zero-order valence-corrected chi connectivity index (χ0v) is 16.4. The van der Waals surface area contributed by atoms with Crippen LogP contribution in [0, 0.1) is 0 Å². The van der Waals surface area contributed by atoms with Gasteiger partial charge < -0.3 is 14.4 Å². The standard InChI is InChI=1S/C18H19Cl2N3O3/c1-22(2)18(24)23(13-6-8-17(26-4)15(20)10-13)11-21-12-5-7-16(25-3)14(19)9-12/h5-11H,1-4H3. The molecule has 0 unspecified atom stereocenters. The first-order valence-electron chi connectivity index (χ1n) is 7.59. The van der Waals surface area contributed by atoms with E-state index in [-0.39, 0.29) is 6.03 Å². The van der Waals surface area contributed by atoms with Crippen LogP contribution in [0.2, 0.25) is 10.0 Å². The Morgan fingerprint density at radius 3 is 2.08 bits per heavy atom. The van der Waals surface area contributed by atoms with Crippen LogP contribution in [0.15, 0.2) is 41.4 Å². The number of methoxy groups -OCH3 is 2. The van der Waals surface area contributed by atoms with Crippen LogP contribution in [0.1, 0.15) is 0 Å². The molecule has 0 aliphatic rings. The number of rotatable bonds is 5. The quantitative estimate of drug-likeness (QED) is 0.536. The van der Waals surface area contributed by atoms with Gasteiger partial charge in [0.1, 0.15) is 17.8 Å². The number of urea groups is 1. The second-order valence-corrected chi connectivity index (χ2v) is 6.24. The number of nitrogens with zero attached hydrogens (tertiary/aromatic N) is 3. The predicted octanol–water partition coefficient (Wildman–Crippen LogP) is 4.86. The third kappa shape index (κ3) is 4.59. The highest BCUT2D eigenvalue weighted by molar-refractivity contribution is 6.32. The molecule has 0 bridgehead atoms. The summed E-state index contributed by atoms with van der Waals surface area (Å²) in [5.41, 5.74) is 1.13. The van der Waals surface area contributed by atoms with Gasteiger partial charge in [-0.25, -0.2) is 9.79 Å². The van der Waals surface area contributed by atoms with E-state index in [0.717, 1.165) is 0 Å². The van der Waals surface area contributed by atoms with Crippen LogP contribution in [0.3, 0.4) is 0 Å². The van der Waals surface area contributed by atoms with E-state index in [1.807, 2.05) is 0 Å². The lowest BCUT2D eigenvalue weighted by Gasteiger charge is -2.22. The molecule has 0 heterocycles. The van der Waals surface area contributed by atoms with Crippen molar-refractivity contribution in [1.82, 2.24) is 4.90 Å². The maximum atomic E-state index is 12.5. The fourth-order valence-corrected chi connectivity index (χ4v) is 2.61. The number of aliphatic imine (C=N–C) groups is 1. The molecule has 6 nitrogen and oxygen atoms in total. The van der Waals surface area contributed by atoms with Crippen molar-refractivity contribution in [1.29, 1.82) is 0 Å². The van der Waals surface area contributed by atoms with Gasteiger partial charge in [-0.1, -0.05) is 23.2 Å². The van der Waals surface area contributed by atoms with Crippen molar-refractivity contribution in [2.75, 3.05) is 33.2 Å². The highest BCUT2D eigenvalue weighted by Crippen LogP contribution is 2.30. The normalized spacial score (nSPS) is 10.7. The summed E-state index contributed by atoms with van der Waals surface area (Å²) in [4.78, 5) is 19.7. The summed E-state index contributed by atoms with van der Waals surface area (Å²) >= 11 is 12.3. The second kappa shape index (κ2) is 8.78. The highest BCUT2D eigenvalue weighted by atomic mass is 35.5. The van der Waals surface area contributed by atoms with E-state index in [0.29, 0.717) is 32.9 Å². The monoisotopic (exact) mass is 395 g/mol. The molecule has 2 amide bonds. The molecule has 0 N–H and O–H groups in total. The third-order valence-electron chi connectivity index (χ3n) is 3.46. The fraction of sp³-hybridized carbons (Fsp3) is 0.222. The van der Waals surface area contributed by atoms with Crippen LogP contribution in [0.4, 0.5) is 16.2 Å². The van der Waals surface area contributed by atoms with Crippen LogP contribution in [-0.4, -0.2) is 45.6 Å². The molecule has 0 aromatic heterocycles. The largest absolute Gasteiger partial charge is 0.495 e. The van der Waals surface area contributed by atoms with Crippen LogP contribution in [-0.2, 0) is 0 Å². The molecule has 138 valence electrons. The Balaban J connectivity index is 2.38. The highest BCUT2D eigenvalue weighted by Gasteiger charge is 2.17. The zero-order valence-electron chi connectivity index (χ0n) is 14.9. The predicted molar refractivity (Wildman–Crippen MR) is 106 cm³/mol. The van der Waals surface area contributed by atoms with Gasteiger partial charge in [0.25, 0.3) is 0 Å².